The zero-order valence-corrected chi connectivity index (χ0v) is 57.7. The van der Waals surface area contributed by atoms with Crippen molar-refractivity contribution in [1.29, 1.82) is 0 Å². The van der Waals surface area contributed by atoms with E-state index in [2.05, 4.69) is 48.7 Å². The number of amides is 4. The number of esters is 1. The summed E-state index contributed by atoms with van der Waals surface area (Å²) in [4.78, 5) is 103. The third-order valence-corrected chi connectivity index (χ3v) is 21.7. The molecular weight excluding hydrogens is 1300 g/mol. The first-order valence-electron chi connectivity index (χ1n) is 33.7. The van der Waals surface area contributed by atoms with Crippen LogP contribution in [0, 0.1) is 18.8 Å². The number of sulfonamides is 2. The molecule has 1 saturated carbocycles. The van der Waals surface area contributed by atoms with Crippen LogP contribution in [0.25, 0.3) is 10.8 Å². The number of nitrogens with one attached hydrogen (secondary N) is 2. The third-order valence-electron chi connectivity index (χ3n) is 18.2. The topological polar surface area (TPSA) is 292 Å². The zero-order valence-electron chi connectivity index (χ0n) is 56.1. The summed E-state index contributed by atoms with van der Waals surface area (Å²) < 4.78 is 63.2. The summed E-state index contributed by atoms with van der Waals surface area (Å²) in [6.45, 7) is 9.38. The number of unbranched alkanes of at least 4 members (excludes halogenated alkanes) is 6. The molecule has 0 unspecified atom stereocenters. The number of carboxylic acids is 2. The van der Waals surface area contributed by atoms with Gasteiger partial charge in [-0.1, -0.05) is 140 Å². The number of ether oxygens (including phenoxy) is 1. The second-order valence-electron chi connectivity index (χ2n) is 25.1. The Bertz CT molecular complexity index is 4070. The Kier molecular flexibility index (Phi) is 29.3. The summed E-state index contributed by atoms with van der Waals surface area (Å²) in [5.74, 6) is -4.63. The average molecular weight is 1400 g/mol. The van der Waals surface area contributed by atoms with Gasteiger partial charge in [-0.15, -0.1) is 0 Å². The molecule has 21 nitrogen and oxygen atoms in total. The molecule has 0 radical (unpaired) electrons. The van der Waals surface area contributed by atoms with Crippen LogP contribution in [0.15, 0.2) is 131 Å². The highest BCUT2D eigenvalue weighted by Gasteiger charge is 2.43. The Labute approximate surface area is 583 Å². The molecule has 99 heavy (non-hydrogen) atoms. The van der Waals surface area contributed by atoms with E-state index in [9.17, 15) is 65.4 Å². The van der Waals surface area contributed by atoms with Crippen molar-refractivity contribution in [3.63, 3.8) is 0 Å². The van der Waals surface area contributed by atoms with Crippen LogP contribution in [0.2, 0.25) is 0 Å². The van der Waals surface area contributed by atoms with E-state index in [4.69, 9.17) is 4.74 Å². The molecule has 1 fully saturated rings. The minimum atomic E-state index is -4.53. The molecule has 534 valence electrons. The van der Waals surface area contributed by atoms with Gasteiger partial charge in [0.1, 0.15) is 18.9 Å². The standard InChI is InChI=1S/C38H43N3O10S2.C36H47N3O5.2CH4/c1-4-6-7-8-11-30(43)24-28-14-18-31(19-15-28)53(49,50)41(26-38(46)51-5-2)36-23-22-35(33-12-9-10-13-34(33)36)40(25-37(44)45)52(47,48)32-20-16-29(17-21-32)39-27(3)42;1-3-33(40)37-19-9-5-4-6-12-25-16-17-28-26(21-25)22-38(34(28)41)23-32-29-15-10-11-24(2)27(29)18-20-39(32)35(42)30-13-7-8-14-31(30)36(43)44;;/h9-10,12-23H,4-8,11,24-26H2,1-3H3,(H,39,42)(H,44,45);10-11,15-17,21,30-32H,3-9,12-14,18-20,22-23H2,1-2H3,(H,37,40)(H,43,44);2*1H4/t;30-,31+,32-;;/m.1../s1. The number of nitrogens with zero attached hydrogens (tertiary/aromatic N) is 4. The molecule has 2 aliphatic heterocycles. The molecular formula is C76H98N6O15S2. The molecule has 3 aliphatic rings. The van der Waals surface area contributed by atoms with E-state index < -0.39 is 62.9 Å². The lowest BCUT2D eigenvalue weighted by molar-refractivity contribution is -0.153. The Morgan fingerprint density at radius 1 is 0.677 bits per heavy atom. The lowest BCUT2D eigenvalue weighted by Gasteiger charge is -2.42. The van der Waals surface area contributed by atoms with Crippen LogP contribution in [0.5, 0.6) is 0 Å². The van der Waals surface area contributed by atoms with Gasteiger partial charge >= 0.3 is 17.9 Å². The molecule has 0 aromatic heterocycles. The Morgan fingerprint density at radius 2 is 1.28 bits per heavy atom. The van der Waals surface area contributed by atoms with Crippen LogP contribution in [-0.4, -0.2) is 123 Å². The number of rotatable bonds is 31. The van der Waals surface area contributed by atoms with Gasteiger partial charge in [0.05, 0.1) is 45.7 Å². The number of Topliss-reactive ketones (excluding diaryl/α,β-unsaturated/α-hetero) is 1. The largest absolute Gasteiger partial charge is 0.481 e. The maximum absolute atomic E-state index is 14.3. The van der Waals surface area contributed by atoms with Crippen molar-refractivity contribution in [2.45, 2.75) is 181 Å². The monoisotopic (exact) mass is 1400 g/mol. The first-order valence-corrected chi connectivity index (χ1v) is 36.6. The number of benzene rings is 6. The Balaban J connectivity index is 0.000000311. The van der Waals surface area contributed by atoms with E-state index in [0.717, 1.165) is 105 Å². The van der Waals surface area contributed by atoms with Gasteiger partial charge < -0.3 is 35.4 Å². The number of anilines is 3. The minimum Gasteiger partial charge on any atom is -0.481 e. The molecule has 3 atom stereocenters. The van der Waals surface area contributed by atoms with Crippen LogP contribution in [0.1, 0.15) is 182 Å². The number of aliphatic carboxylic acids is 2. The van der Waals surface area contributed by atoms with Crippen molar-refractivity contribution in [2.24, 2.45) is 11.8 Å². The van der Waals surface area contributed by atoms with Crippen molar-refractivity contribution < 1.29 is 70.1 Å². The summed E-state index contributed by atoms with van der Waals surface area (Å²) in [5, 5.41) is 25.6. The van der Waals surface area contributed by atoms with E-state index in [1.54, 1.807) is 31.2 Å². The van der Waals surface area contributed by atoms with Crippen molar-refractivity contribution in [1.82, 2.24) is 15.1 Å². The first-order chi connectivity index (χ1) is 46.5. The number of fused-ring (bicyclic) bond motifs is 3. The third kappa shape index (κ3) is 20.1. The van der Waals surface area contributed by atoms with E-state index in [-0.39, 0.29) is 95.3 Å². The molecule has 0 saturated heterocycles. The molecule has 0 spiro atoms. The number of ketones is 1. The van der Waals surface area contributed by atoms with Gasteiger partial charge in [-0.25, -0.2) is 16.8 Å². The van der Waals surface area contributed by atoms with Crippen LogP contribution >= 0.6 is 0 Å². The second-order valence-corrected chi connectivity index (χ2v) is 28.8. The average Bonchev–Trinajstić information content (AvgIpc) is 0.804. The predicted octanol–water partition coefficient (Wildman–Crippen LogP) is 12.8. The summed E-state index contributed by atoms with van der Waals surface area (Å²) in [5.41, 5.74) is 7.41. The molecule has 1 aliphatic carbocycles. The molecule has 0 bridgehead atoms. The summed E-state index contributed by atoms with van der Waals surface area (Å²) in [6.07, 6.45) is 13.7. The second kappa shape index (κ2) is 36.7. The van der Waals surface area contributed by atoms with Gasteiger partial charge in [-0.05, 0) is 147 Å². The lowest BCUT2D eigenvalue weighted by Crippen LogP contribution is -2.49. The Hall–Kier alpha value is -8.96. The van der Waals surface area contributed by atoms with Gasteiger partial charge in [0.15, 0.2) is 0 Å². The van der Waals surface area contributed by atoms with E-state index in [1.165, 1.54) is 84.3 Å². The van der Waals surface area contributed by atoms with E-state index >= 15 is 0 Å². The quantitative estimate of drug-likeness (QED) is 0.0232. The SMILES string of the molecule is C.C.CCC(=O)NCCCCCCc1ccc2c(c1)CN(C[C@@H]1c3cccc(C)c3CCN1C(=O)[C@@H]1CCCC[C@@H]1C(=O)O)C2=O.CCCCCCC(=O)Cc1ccc(S(=O)(=O)N(CC(=O)OCC)c2ccc(N(CC(=O)O)S(=O)(=O)c3ccc(NC(C)=O)cc3)c3ccccc23)cc1. The lowest BCUT2D eigenvalue weighted by atomic mass is 9.77. The number of carbonyl (C=O) groups is 8. The highest BCUT2D eigenvalue weighted by Crippen LogP contribution is 2.41. The number of hydrogen-bond donors (Lipinski definition) is 4. The summed E-state index contributed by atoms with van der Waals surface area (Å²) in [6, 6.07) is 31.9. The van der Waals surface area contributed by atoms with E-state index in [0.29, 0.717) is 60.9 Å². The number of carboxylic acid groups (broad SMARTS) is 2. The number of carbonyl (C=O) groups excluding carboxylic acids is 6. The van der Waals surface area contributed by atoms with Crippen LogP contribution in [0.3, 0.4) is 0 Å². The van der Waals surface area contributed by atoms with Gasteiger partial charge in [0.25, 0.3) is 26.0 Å². The van der Waals surface area contributed by atoms with Gasteiger partial charge in [-0.3, -0.25) is 47.0 Å². The smallest absolute Gasteiger partial charge is 0.326 e. The molecule has 23 heteroatoms. The maximum atomic E-state index is 14.3. The molecule has 6 aromatic carbocycles. The Morgan fingerprint density at radius 3 is 1.89 bits per heavy atom. The highest BCUT2D eigenvalue weighted by molar-refractivity contribution is 7.93. The molecule has 6 aromatic rings. The highest BCUT2D eigenvalue weighted by atomic mass is 32.2. The minimum absolute atomic E-state index is 0. The van der Waals surface area contributed by atoms with Crippen molar-refractivity contribution in [2.75, 3.05) is 53.3 Å². The van der Waals surface area contributed by atoms with Gasteiger partial charge in [0.2, 0.25) is 17.7 Å². The fraction of sp³-hybridized carbons (Fsp3) is 0.447. The summed E-state index contributed by atoms with van der Waals surface area (Å²) >= 11 is 0. The molecule has 2 heterocycles. The van der Waals surface area contributed by atoms with Crippen LogP contribution < -0.4 is 19.2 Å². The van der Waals surface area contributed by atoms with Gasteiger partial charge in [0, 0.05) is 74.4 Å². The summed E-state index contributed by atoms with van der Waals surface area (Å²) in [7, 11) is -9.00. The number of aryl methyl sites for hydroxylation is 2. The van der Waals surface area contributed by atoms with Crippen molar-refractivity contribution in [3.8, 4) is 0 Å². The predicted molar refractivity (Wildman–Crippen MR) is 384 cm³/mol. The fourth-order valence-electron chi connectivity index (χ4n) is 13.2. The maximum Gasteiger partial charge on any atom is 0.326 e. The first kappa shape index (κ1) is 79.0. The van der Waals surface area contributed by atoms with E-state index in [1.807, 2.05) is 28.9 Å². The van der Waals surface area contributed by atoms with Crippen molar-refractivity contribution >= 4 is 95.2 Å². The van der Waals surface area contributed by atoms with Crippen molar-refractivity contribution in [3.05, 3.63) is 160 Å². The van der Waals surface area contributed by atoms with Gasteiger partial charge in [-0.2, -0.15) is 0 Å². The molecule has 4 amide bonds. The fourth-order valence-corrected chi connectivity index (χ4v) is 16.1. The number of hydrogen-bond acceptors (Lipinski definition) is 13. The molecule has 4 N–H and O–H groups in total. The zero-order chi connectivity index (χ0) is 70.0. The van der Waals surface area contributed by atoms with Crippen LogP contribution in [-0.2, 0) is 84.2 Å². The normalized spacial score (nSPS) is 15.6. The van der Waals surface area contributed by atoms with Crippen LogP contribution in [0.4, 0.5) is 17.1 Å². The molecule has 9 rings (SSSR count).